The Hall–Kier alpha value is -1.60. The van der Waals surface area contributed by atoms with Gasteiger partial charge in [0.1, 0.15) is 5.00 Å². The predicted molar refractivity (Wildman–Crippen MR) is 119 cm³/mol. The summed E-state index contributed by atoms with van der Waals surface area (Å²) in [5, 5.41) is 7.18. The largest absolute Gasteiger partial charge is 0.382 e. The van der Waals surface area contributed by atoms with Crippen LogP contribution in [0.1, 0.15) is 57.3 Å². The first kappa shape index (κ1) is 22.1. The van der Waals surface area contributed by atoms with Gasteiger partial charge >= 0.3 is 0 Å². The average Bonchev–Trinajstić information content (AvgIpc) is 3.05. The Morgan fingerprint density at radius 2 is 1.97 bits per heavy atom. The van der Waals surface area contributed by atoms with Crippen molar-refractivity contribution in [2.24, 2.45) is 0 Å². The lowest BCUT2D eigenvalue weighted by atomic mass is 9.95. The van der Waals surface area contributed by atoms with Crippen molar-refractivity contribution in [3.8, 4) is 0 Å². The molecule has 0 radical (unpaired) electrons. The van der Waals surface area contributed by atoms with Crippen LogP contribution in [0, 0.1) is 0 Å². The summed E-state index contributed by atoms with van der Waals surface area (Å²) in [6, 6.07) is 4.73. The van der Waals surface area contributed by atoms with Gasteiger partial charge in [-0.25, -0.2) is 0 Å². The molecule has 0 spiro atoms. The molecule has 8 heteroatoms. The first-order valence-corrected chi connectivity index (χ1v) is 11.4. The lowest BCUT2D eigenvalue weighted by Crippen LogP contribution is -2.27. The van der Waals surface area contributed by atoms with Crippen molar-refractivity contribution in [3.63, 3.8) is 0 Å². The van der Waals surface area contributed by atoms with E-state index in [1.807, 2.05) is 6.92 Å². The van der Waals surface area contributed by atoms with E-state index in [1.165, 1.54) is 22.3 Å². The maximum Gasteiger partial charge on any atom is 0.257 e. The molecular formula is C21H24Cl2N2O3S. The summed E-state index contributed by atoms with van der Waals surface area (Å²) in [7, 11) is 0. The molecule has 0 unspecified atom stereocenters. The van der Waals surface area contributed by atoms with Crippen LogP contribution in [0.25, 0.3) is 0 Å². The second-order valence-corrected chi connectivity index (χ2v) is 8.75. The van der Waals surface area contributed by atoms with Crippen LogP contribution in [-0.4, -0.2) is 31.6 Å². The van der Waals surface area contributed by atoms with Gasteiger partial charge in [-0.3, -0.25) is 9.59 Å². The number of aryl methyl sites for hydroxylation is 1. The smallest absolute Gasteiger partial charge is 0.257 e. The van der Waals surface area contributed by atoms with Crippen LogP contribution in [-0.2, 0) is 17.6 Å². The maximum atomic E-state index is 12.9. The topological polar surface area (TPSA) is 67.4 Å². The molecule has 1 heterocycles. The summed E-state index contributed by atoms with van der Waals surface area (Å²) in [6.07, 6.45) is 4.67. The zero-order valence-corrected chi connectivity index (χ0v) is 18.6. The average molecular weight is 455 g/mol. The number of anilines is 1. The van der Waals surface area contributed by atoms with Gasteiger partial charge in [0.25, 0.3) is 11.8 Å². The molecule has 156 valence electrons. The van der Waals surface area contributed by atoms with Gasteiger partial charge in [-0.15, -0.1) is 11.3 Å². The van der Waals surface area contributed by atoms with Gasteiger partial charge in [-0.1, -0.05) is 23.2 Å². The number of thiophene rings is 1. The van der Waals surface area contributed by atoms with Crippen molar-refractivity contribution < 1.29 is 14.3 Å². The second kappa shape index (κ2) is 10.4. The zero-order valence-electron chi connectivity index (χ0n) is 16.3. The monoisotopic (exact) mass is 454 g/mol. The first-order chi connectivity index (χ1) is 14.0. The summed E-state index contributed by atoms with van der Waals surface area (Å²) in [6.45, 7) is 3.74. The molecule has 1 aromatic carbocycles. The van der Waals surface area contributed by atoms with Gasteiger partial charge in [0.05, 0.1) is 16.1 Å². The van der Waals surface area contributed by atoms with Crippen LogP contribution in [0.3, 0.4) is 0 Å². The summed E-state index contributed by atoms with van der Waals surface area (Å²) >= 11 is 13.6. The highest BCUT2D eigenvalue weighted by molar-refractivity contribution is 7.17. The molecule has 1 aliphatic carbocycles. The number of carbonyl (C=O) groups is 2. The van der Waals surface area contributed by atoms with Gasteiger partial charge in [0.15, 0.2) is 0 Å². The molecule has 1 aliphatic rings. The fourth-order valence-corrected chi connectivity index (χ4v) is 5.12. The number of carbonyl (C=O) groups excluding carboxylic acids is 2. The van der Waals surface area contributed by atoms with Crippen LogP contribution >= 0.6 is 34.5 Å². The number of nitrogens with one attached hydrogen (secondary N) is 2. The Balaban J connectivity index is 1.79. The molecule has 2 N–H and O–H groups in total. The van der Waals surface area contributed by atoms with E-state index in [1.54, 1.807) is 12.1 Å². The fraction of sp³-hybridized carbons (Fsp3) is 0.429. The predicted octanol–water partition coefficient (Wildman–Crippen LogP) is 5.34. The highest BCUT2D eigenvalue weighted by Gasteiger charge is 2.26. The third-order valence-corrected chi connectivity index (χ3v) is 6.51. The molecular weight excluding hydrogens is 431 g/mol. The molecule has 0 bridgehead atoms. The quantitative estimate of drug-likeness (QED) is 0.528. The molecule has 3 rings (SSSR count). The minimum Gasteiger partial charge on any atom is -0.382 e. The van der Waals surface area contributed by atoms with E-state index < -0.39 is 0 Å². The highest BCUT2D eigenvalue weighted by atomic mass is 35.5. The number of ether oxygens (including phenoxy) is 1. The molecule has 2 aromatic rings. The Kier molecular flexibility index (Phi) is 7.95. The fourth-order valence-electron chi connectivity index (χ4n) is 3.35. The van der Waals surface area contributed by atoms with E-state index >= 15 is 0 Å². The molecule has 1 aromatic heterocycles. The minimum atomic E-state index is -0.351. The van der Waals surface area contributed by atoms with Crippen LogP contribution in [0.2, 0.25) is 10.0 Å². The van der Waals surface area contributed by atoms with E-state index in [4.69, 9.17) is 27.9 Å². The van der Waals surface area contributed by atoms with Crippen LogP contribution < -0.4 is 10.6 Å². The van der Waals surface area contributed by atoms with Gasteiger partial charge in [0.2, 0.25) is 0 Å². The lowest BCUT2D eigenvalue weighted by molar-refractivity contribution is 0.0944. The van der Waals surface area contributed by atoms with Crippen molar-refractivity contribution in [1.82, 2.24) is 5.32 Å². The van der Waals surface area contributed by atoms with Crippen LogP contribution in [0.5, 0.6) is 0 Å². The van der Waals surface area contributed by atoms with Gasteiger partial charge in [0, 0.05) is 29.7 Å². The van der Waals surface area contributed by atoms with E-state index in [-0.39, 0.29) is 16.8 Å². The van der Waals surface area contributed by atoms with Gasteiger partial charge in [-0.05, 0) is 62.8 Å². The van der Waals surface area contributed by atoms with E-state index in [0.29, 0.717) is 40.9 Å². The van der Waals surface area contributed by atoms with Crippen LogP contribution in [0.4, 0.5) is 5.00 Å². The third-order valence-electron chi connectivity index (χ3n) is 4.76. The molecule has 0 saturated carbocycles. The van der Waals surface area contributed by atoms with Crippen LogP contribution in [0.15, 0.2) is 18.2 Å². The SMILES string of the molecule is CCOCCCNC(=O)c1c(NC(=O)c2ccc(Cl)cc2Cl)sc2c1CCCC2. The van der Waals surface area contributed by atoms with Crippen molar-refractivity contribution in [3.05, 3.63) is 49.8 Å². The van der Waals surface area contributed by atoms with Crippen molar-refractivity contribution >= 4 is 51.4 Å². The molecule has 0 saturated heterocycles. The number of rotatable bonds is 8. The molecule has 29 heavy (non-hydrogen) atoms. The van der Waals surface area contributed by atoms with Gasteiger partial charge in [-0.2, -0.15) is 0 Å². The maximum absolute atomic E-state index is 12.9. The lowest BCUT2D eigenvalue weighted by Gasteiger charge is -2.13. The standard InChI is InChI=1S/C21H24Cl2N2O3S/c1-2-28-11-5-10-24-20(27)18-15-6-3-4-7-17(15)29-21(18)25-19(26)14-9-8-13(22)12-16(14)23/h8-9,12H,2-7,10-11H2,1H3,(H,24,27)(H,25,26). The summed E-state index contributed by atoms with van der Waals surface area (Å²) in [5.74, 6) is -0.505. The normalized spacial score (nSPS) is 13.1. The molecule has 2 amide bonds. The Labute approximate surface area is 184 Å². The van der Waals surface area contributed by atoms with Crippen molar-refractivity contribution in [2.45, 2.75) is 39.0 Å². The summed E-state index contributed by atoms with van der Waals surface area (Å²) < 4.78 is 5.31. The number of amides is 2. The zero-order chi connectivity index (χ0) is 20.8. The van der Waals surface area contributed by atoms with Gasteiger partial charge < -0.3 is 15.4 Å². The Morgan fingerprint density at radius 3 is 2.72 bits per heavy atom. The summed E-state index contributed by atoms with van der Waals surface area (Å²) in [5.41, 5.74) is 1.96. The second-order valence-electron chi connectivity index (χ2n) is 6.80. The molecule has 0 atom stereocenters. The third kappa shape index (κ3) is 5.51. The van der Waals surface area contributed by atoms with E-state index in [0.717, 1.165) is 37.7 Å². The minimum absolute atomic E-state index is 0.154. The number of hydrogen-bond donors (Lipinski definition) is 2. The van der Waals surface area contributed by atoms with Crippen molar-refractivity contribution in [1.29, 1.82) is 0 Å². The molecule has 0 fully saturated rings. The number of benzene rings is 1. The number of fused-ring (bicyclic) bond motifs is 1. The van der Waals surface area contributed by atoms with E-state index in [9.17, 15) is 9.59 Å². The molecule has 5 nitrogen and oxygen atoms in total. The summed E-state index contributed by atoms with van der Waals surface area (Å²) in [4.78, 5) is 26.9. The molecule has 0 aliphatic heterocycles. The Morgan fingerprint density at radius 1 is 1.17 bits per heavy atom. The first-order valence-electron chi connectivity index (χ1n) is 9.78. The Bertz CT molecular complexity index is 898. The highest BCUT2D eigenvalue weighted by Crippen LogP contribution is 2.38. The number of halogens is 2. The van der Waals surface area contributed by atoms with E-state index in [2.05, 4.69) is 10.6 Å². The van der Waals surface area contributed by atoms with Crippen molar-refractivity contribution in [2.75, 3.05) is 25.1 Å². The number of hydrogen-bond acceptors (Lipinski definition) is 4.